The van der Waals surface area contributed by atoms with Gasteiger partial charge in [-0.2, -0.15) is 16.9 Å². The summed E-state index contributed by atoms with van der Waals surface area (Å²) in [5.74, 6) is 0.707. The van der Waals surface area contributed by atoms with Crippen LogP contribution in [-0.4, -0.2) is 40.5 Å². The van der Waals surface area contributed by atoms with E-state index in [1.807, 2.05) is 24.1 Å². The van der Waals surface area contributed by atoms with Crippen molar-refractivity contribution in [1.29, 1.82) is 0 Å². The van der Waals surface area contributed by atoms with Gasteiger partial charge in [0, 0.05) is 30.1 Å². The number of hydrogen-bond donors (Lipinski definition) is 0. The van der Waals surface area contributed by atoms with E-state index in [0.717, 1.165) is 25.1 Å². The molecule has 148 valence electrons. The molecule has 1 saturated carbocycles. The molecule has 7 heteroatoms. The number of aliphatic imine (C=N–C) groups is 1. The Bertz CT molecular complexity index is 709. The number of hydrogen-bond acceptors (Lipinski definition) is 4. The quantitative estimate of drug-likeness (QED) is 0.370. The Labute approximate surface area is 171 Å². The Kier molecular flexibility index (Phi) is 8.64. The minimum Gasteiger partial charge on any atom is -0.308 e. The molecule has 27 heavy (non-hydrogen) atoms. The van der Waals surface area contributed by atoms with Gasteiger partial charge in [-0.25, -0.2) is 4.68 Å². The summed E-state index contributed by atoms with van der Waals surface area (Å²) in [4.78, 5) is 18.6. The molecule has 0 aromatic carbocycles. The zero-order valence-corrected chi connectivity index (χ0v) is 18.0. The van der Waals surface area contributed by atoms with Crippen LogP contribution in [-0.2, 0) is 4.79 Å². The number of halogens is 1. The highest BCUT2D eigenvalue weighted by Gasteiger charge is 2.30. The highest BCUT2D eigenvalue weighted by atomic mass is 35.5. The fraction of sp³-hybridized carbons (Fsp3) is 0.550. The summed E-state index contributed by atoms with van der Waals surface area (Å²) in [6.07, 6.45) is 14.2. The second-order valence-electron chi connectivity index (χ2n) is 6.88. The Hall–Kier alpha value is -1.53. The van der Waals surface area contributed by atoms with Crippen LogP contribution in [0.2, 0.25) is 5.15 Å². The molecule has 0 N–H and O–H groups in total. The van der Waals surface area contributed by atoms with Crippen LogP contribution in [0.1, 0.15) is 46.0 Å². The fourth-order valence-electron chi connectivity index (χ4n) is 2.85. The van der Waals surface area contributed by atoms with Crippen LogP contribution >= 0.6 is 23.4 Å². The van der Waals surface area contributed by atoms with Crippen LogP contribution in [0, 0.1) is 5.92 Å². The van der Waals surface area contributed by atoms with Crippen LogP contribution in [0.15, 0.2) is 29.5 Å². The summed E-state index contributed by atoms with van der Waals surface area (Å²) in [5.41, 5.74) is 1.58. The molecule has 0 aliphatic heterocycles. The van der Waals surface area contributed by atoms with Crippen LogP contribution in [0.25, 0.3) is 5.70 Å². The number of carbonyl (C=O) groups excluding carboxylic acids is 1. The highest BCUT2D eigenvalue weighted by Crippen LogP contribution is 2.35. The van der Waals surface area contributed by atoms with Crippen molar-refractivity contribution in [3.63, 3.8) is 0 Å². The summed E-state index contributed by atoms with van der Waals surface area (Å²) in [7, 11) is 0. The summed E-state index contributed by atoms with van der Waals surface area (Å²) >= 11 is 8.18. The average Bonchev–Trinajstić information content (AvgIpc) is 3.39. The number of aromatic nitrogens is 2. The maximum atomic E-state index is 13.1. The van der Waals surface area contributed by atoms with Crippen molar-refractivity contribution in [1.82, 2.24) is 9.78 Å². The van der Waals surface area contributed by atoms with Gasteiger partial charge < -0.3 is 4.90 Å². The molecule has 0 radical (unpaired) electrons. The van der Waals surface area contributed by atoms with Crippen LogP contribution in [0.5, 0.6) is 0 Å². The molecule has 1 aliphatic rings. The SMILES string of the molecule is C=N/C=C\C=C(/C)n1cc(N(CC2CC2)C(=O)CC(CCC)SC)c(Cl)n1. The topological polar surface area (TPSA) is 50.5 Å². The first-order chi connectivity index (χ1) is 13.0. The smallest absolute Gasteiger partial charge is 0.228 e. The third-order valence-corrected chi connectivity index (χ3v) is 5.96. The molecule has 1 atom stereocenters. The molecule has 0 saturated heterocycles. The van der Waals surface area contributed by atoms with Gasteiger partial charge in [-0.05, 0) is 57.2 Å². The van der Waals surface area contributed by atoms with E-state index in [0.29, 0.717) is 28.4 Å². The van der Waals surface area contributed by atoms with Gasteiger partial charge in [-0.3, -0.25) is 9.79 Å². The van der Waals surface area contributed by atoms with Gasteiger partial charge in [-0.15, -0.1) is 0 Å². The maximum absolute atomic E-state index is 13.1. The molecule has 0 spiro atoms. The van der Waals surface area contributed by atoms with Gasteiger partial charge >= 0.3 is 0 Å². The highest BCUT2D eigenvalue weighted by molar-refractivity contribution is 7.99. The zero-order chi connectivity index (χ0) is 19.8. The second kappa shape index (κ2) is 10.7. The molecule has 1 fully saturated rings. The number of thioether (sulfide) groups is 1. The number of amides is 1. The van der Waals surface area contributed by atoms with E-state index >= 15 is 0 Å². The van der Waals surface area contributed by atoms with Crippen molar-refractivity contribution in [2.45, 2.75) is 51.2 Å². The fourth-order valence-corrected chi connectivity index (χ4v) is 3.86. The van der Waals surface area contributed by atoms with Gasteiger partial charge in [0.15, 0.2) is 5.15 Å². The van der Waals surface area contributed by atoms with Crippen LogP contribution < -0.4 is 4.90 Å². The van der Waals surface area contributed by atoms with E-state index in [9.17, 15) is 4.79 Å². The zero-order valence-electron chi connectivity index (χ0n) is 16.4. The van der Waals surface area contributed by atoms with E-state index in [1.165, 1.54) is 12.8 Å². The molecule has 0 bridgehead atoms. The van der Waals surface area contributed by atoms with E-state index < -0.39 is 0 Å². The summed E-state index contributed by atoms with van der Waals surface area (Å²) in [6, 6.07) is 0. The average molecular weight is 409 g/mol. The summed E-state index contributed by atoms with van der Waals surface area (Å²) < 4.78 is 1.70. The monoisotopic (exact) mass is 408 g/mol. The van der Waals surface area contributed by atoms with Crippen molar-refractivity contribution in [3.8, 4) is 0 Å². The van der Waals surface area contributed by atoms with Gasteiger partial charge in [0.05, 0.1) is 6.20 Å². The number of allylic oxidation sites excluding steroid dienone is 3. The molecule has 1 heterocycles. The minimum atomic E-state index is 0.133. The lowest BCUT2D eigenvalue weighted by atomic mass is 10.1. The van der Waals surface area contributed by atoms with Crippen LogP contribution in [0.3, 0.4) is 0 Å². The lowest BCUT2D eigenvalue weighted by Gasteiger charge is -2.24. The number of anilines is 1. The van der Waals surface area contributed by atoms with Gasteiger partial charge in [0.25, 0.3) is 0 Å². The van der Waals surface area contributed by atoms with E-state index in [2.05, 4.69) is 30.0 Å². The first-order valence-corrected chi connectivity index (χ1v) is 11.0. The predicted octanol–water partition coefficient (Wildman–Crippen LogP) is 5.28. The van der Waals surface area contributed by atoms with Gasteiger partial charge in [-0.1, -0.05) is 24.9 Å². The largest absolute Gasteiger partial charge is 0.308 e. The lowest BCUT2D eigenvalue weighted by Crippen LogP contribution is -2.34. The molecule has 1 aliphatic carbocycles. The minimum absolute atomic E-state index is 0.133. The molecular weight excluding hydrogens is 380 g/mol. The van der Waals surface area contributed by atoms with Crippen LogP contribution in [0.4, 0.5) is 5.69 Å². The third kappa shape index (κ3) is 6.54. The van der Waals surface area contributed by atoms with Gasteiger partial charge in [0.2, 0.25) is 5.91 Å². The Morgan fingerprint density at radius 2 is 2.33 bits per heavy atom. The van der Waals surface area contributed by atoms with Gasteiger partial charge in [0.1, 0.15) is 5.69 Å². The normalized spacial score (nSPS) is 15.9. The molecule has 1 aromatic rings. The van der Waals surface area contributed by atoms with Crippen molar-refractivity contribution in [2.75, 3.05) is 17.7 Å². The third-order valence-electron chi connectivity index (χ3n) is 4.62. The predicted molar refractivity (Wildman–Crippen MR) is 118 cm³/mol. The summed E-state index contributed by atoms with van der Waals surface area (Å²) in [6.45, 7) is 8.22. The molecule has 1 aromatic heterocycles. The molecule has 5 nitrogen and oxygen atoms in total. The Morgan fingerprint density at radius 1 is 1.59 bits per heavy atom. The van der Waals surface area contributed by atoms with E-state index in [4.69, 9.17) is 11.6 Å². The Morgan fingerprint density at radius 3 is 2.93 bits per heavy atom. The van der Waals surface area contributed by atoms with Crippen molar-refractivity contribution in [2.24, 2.45) is 10.9 Å². The Balaban J connectivity index is 2.22. The number of rotatable bonds is 11. The van der Waals surface area contributed by atoms with Crippen molar-refractivity contribution in [3.05, 3.63) is 29.7 Å². The van der Waals surface area contributed by atoms with Crippen molar-refractivity contribution >= 4 is 47.4 Å². The summed E-state index contributed by atoms with van der Waals surface area (Å²) in [5, 5.41) is 5.09. The molecular formula is C20H29ClN4OS. The lowest BCUT2D eigenvalue weighted by molar-refractivity contribution is -0.118. The molecule has 1 amide bonds. The standard InChI is InChI=1S/C20H29ClN4OS/c1-5-7-17(27-4)12-19(26)24(13-16-9-10-16)18-14-25(23-20(18)21)15(2)8-6-11-22-3/h6,8,11,14,16-17H,3,5,7,9-10,12-13H2,1-2,4H3/b11-6-,15-8+. The first-order valence-electron chi connectivity index (χ1n) is 9.38. The second-order valence-corrected chi connectivity index (χ2v) is 8.38. The first kappa shape index (κ1) is 21.8. The maximum Gasteiger partial charge on any atom is 0.228 e. The number of carbonyl (C=O) groups is 1. The van der Waals surface area contributed by atoms with Crippen molar-refractivity contribution < 1.29 is 4.79 Å². The molecule has 2 rings (SSSR count). The van der Waals surface area contributed by atoms with E-state index in [1.54, 1.807) is 28.7 Å². The van der Waals surface area contributed by atoms with E-state index in [-0.39, 0.29) is 5.91 Å². The number of nitrogens with zero attached hydrogens (tertiary/aromatic N) is 4. The molecule has 1 unspecified atom stereocenters.